The number of rotatable bonds is 5. The van der Waals surface area contributed by atoms with Gasteiger partial charge in [-0.15, -0.1) is 0 Å². The van der Waals surface area contributed by atoms with Gasteiger partial charge in [0.2, 0.25) is 0 Å². The van der Waals surface area contributed by atoms with E-state index in [1.165, 1.54) is 0 Å². The SMILES string of the molecule is CNCC(c1nccc(-c2ccccn2)n1)C(C)C. The van der Waals surface area contributed by atoms with Gasteiger partial charge < -0.3 is 5.32 Å². The Hall–Kier alpha value is -1.81. The minimum Gasteiger partial charge on any atom is -0.319 e. The van der Waals surface area contributed by atoms with Crippen molar-refractivity contribution < 1.29 is 0 Å². The predicted octanol–water partition coefficient (Wildman–Crippen LogP) is 2.50. The molecule has 0 spiro atoms. The van der Waals surface area contributed by atoms with Gasteiger partial charge in [0.05, 0.1) is 11.4 Å². The summed E-state index contributed by atoms with van der Waals surface area (Å²) in [6.45, 7) is 5.26. The Morgan fingerprint density at radius 3 is 2.53 bits per heavy atom. The van der Waals surface area contributed by atoms with Crippen LogP contribution in [0.15, 0.2) is 36.7 Å². The largest absolute Gasteiger partial charge is 0.319 e. The molecule has 4 heteroatoms. The second-order valence-corrected chi connectivity index (χ2v) is 4.92. The Kier molecular flexibility index (Phi) is 4.58. The number of nitrogens with zero attached hydrogens (tertiary/aromatic N) is 3. The zero-order valence-corrected chi connectivity index (χ0v) is 11.7. The van der Waals surface area contributed by atoms with Gasteiger partial charge in [-0.2, -0.15) is 0 Å². The molecule has 0 aliphatic rings. The van der Waals surface area contributed by atoms with Crippen LogP contribution in [0.2, 0.25) is 0 Å². The molecule has 2 rings (SSSR count). The van der Waals surface area contributed by atoms with Gasteiger partial charge in [0.15, 0.2) is 0 Å². The molecule has 2 heterocycles. The van der Waals surface area contributed by atoms with Crippen molar-refractivity contribution in [2.45, 2.75) is 19.8 Å². The summed E-state index contributed by atoms with van der Waals surface area (Å²) in [6, 6.07) is 7.75. The third-order valence-electron chi connectivity index (χ3n) is 3.16. The van der Waals surface area contributed by atoms with E-state index in [1.807, 2.05) is 37.5 Å². The van der Waals surface area contributed by atoms with Gasteiger partial charge in [0.25, 0.3) is 0 Å². The number of hydrogen-bond acceptors (Lipinski definition) is 4. The van der Waals surface area contributed by atoms with Crippen molar-refractivity contribution in [3.63, 3.8) is 0 Å². The smallest absolute Gasteiger partial charge is 0.133 e. The maximum absolute atomic E-state index is 4.67. The van der Waals surface area contributed by atoms with E-state index >= 15 is 0 Å². The highest BCUT2D eigenvalue weighted by molar-refractivity contribution is 5.52. The van der Waals surface area contributed by atoms with Crippen molar-refractivity contribution in [1.82, 2.24) is 20.3 Å². The lowest BCUT2D eigenvalue weighted by atomic mass is 9.95. The molecule has 1 unspecified atom stereocenters. The first-order valence-electron chi connectivity index (χ1n) is 6.61. The Morgan fingerprint density at radius 1 is 1.05 bits per heavy atom. The van der Waals surface area contributed by atoms with Crippen LogP contribution >= 0.6 is 0 Å². The van der Waals surface area contributed by atoms with Gasteiger partial charge in [-0.05, 0) is 31.2 Å². The van der Waals surface area contributed by atoms with Crippen LogP contribution in [-0.4, -0.2) is 28.5 Å². The Labute approximate surface area is 114 Å². The molecule has 2 aromatic heterocycles. The second-order valence-electron chi connectivity index (χ2n) is 4.92. The molecule has 0 fully saturated rings. The fourth-order valence-corrected chi connectivity index (χ4v) is 2.05. The standard InChI is InChI=1S/C15H20N4/c1-11(2)12(10-16-3)15-18-9-7-14(19-15)13-6-4-5-8-17-13/h4-9,11-12,16H,10H2,1-3H3. The van der Waals surface area contributed by atoms with Crippen LogP contribution in [0.25, 0.3) is 11.4 Å². The molecule has 0 bridgehead atoms. The number of likely N-dealkylation sites (N-methyl/N-ethyl adjacent to an activating group) is 1. The van der Waals surface area contributed by atoms with Crippen LogP contribution in [0, 0.1) is 5.92 Å². The molecule has 100 valence electrons. The highest BCUT2D eigenvalue weighted by Gasteiger charge is 2.18. The van der Waals surface area contributed by atoms with E-state index in [9.17, 15) is 0 Å². The normalized spacial score (nSPS) is 12.6. The lowest BCUT2D eigenvalue weighted by Gasteiger charge is -2.19. The molecule has 1 N–H and O–H groups in total. The van der Waals surface area contributed by atoms with E-state index in [0.29, 0.717) is 11.8 Å². The molecule has 2 aromatic rings. The van der Waals surface area contributed by atoms with E-state index in [-0.39, 0.29) is 0 Å². The Balaban J connectivity index is 2.33. The van der Waals surface area contributed by atoms with Crippen molar-refractivity contribution in [3.05, 3.63) is 42.5 Å². The maximum atomic E-state index is 4.67. The van der Waals surface area contributed by atoms with E-state index < -0.39 is 0 Å². The fraction of sp³-hybridized carbons (Fsp3) is 0.400. The average molecular weight is 256 g/mol. The lowest BCUT2D eigenvalue weighted by Crippen LogP contribution is -2.23. The van der Waals surface area contributed by atoms with Crippen LogP contribution < -0.4 is 5.32 Å². The molecule has 19 heavy (non-hydrogen) atoms. The summed E-state index contributed by atoms with van der Waals surface area (Å²) >= 11 is 0. The molecule has 0 saturated carbocycles. The molecule has 0 radical (unpaired) electrons. The summed E-state index contributed by atoms with van der Waals surface area (Å²) in [7, 11) is 1.96. The van der Waals surface area contributed by atoms with E-state index in [0.717, 1.165) is 23.8 Å². The molecule has 0 aliphatic heterocycles. The molecule has 4 nitrogen and oxygen atoms in total. The minimum absolute atomic E-state index is 0.314. The highest BCUT2D eigenvalue weighted by Crippen LogP contribution is 2.22. The number of aromatic nitrogens is 3. The monoisotopic (exact) mass is 256 g/mol. The van der Waals surface area contributed by atoms with E-state index in [2.05, 4.69) is 34.1 Å². The summed E-state index contributed by atoms with van der Waals surface area (Å²) in [6.07, 6.45) is 3.60. The lowest BCUT2D eigenvalue weighted by molar-refractivity contribution is 0.458. The third kappa shape index (κ3) is 3.35. The van der Waals surface area contributed by atoms with Crippen LogP contribution in [0.1, 0.15) is 25.6 Å². The number of hydrogen-bond donors (Lipinski definition) is 1. The molecular formula is C15H20N4. The van der Waals surface area contributed by atoms with E-state index in [1.54, 1.807) is 6.20 Å². The van der Waals surface area contributed by atoms with Crippen LogP contribution in [0.3, 0.4) is 0 Å². The van der Waals surface area contributed by atoms with Crippen LogP contribution in [0.5, 0.6) is 0 Å². The molecule has 0 aromatic carbocycles. The van der Waals surface area contributed by atoms with Crippen molar-refractivity contribution >= 4 is 0 Å². The van der Waals surface area contributed by atoms with Gasteiger partial charge in [-0.25, -0.2) is 9.97 Å². The maximum Gasteiger partial charge on any atom is 0.133 e. The Morgan fingerprint density at radius 2 is 1.89 bits per heavy atom. The van der Waals surface area contributed by atoms with Gasteiger partial charge >= 0.3 is 0 Å². The summed E-state index contributed by atoms with van der Waals surface area (Å²) in [4.78, 5) is 13.4. The zero-order chi connectivity index (χ0) is 13.7. The number of nitrogens with one attached hydrogen (secondary N) is 1. The van der Waals surface area contributed by atoms with Gasteiger partial charge in [-0.3, -0.25) is 4.98 Å². The van der Waals surface area contributed by atoms with Gasteiger partial charge in [0, 0.05) is 24.9 Å². The summed E-state index contributed by atoms with van der Waals surface area (Å²) in [5, 5.41) is 3.21. The summed E-state index contributed by atoms with van der Waals surface area (Å²) < 4.78 is 0. The number of pyridine rings is 1. The van der Waals surface area contributed by atoms with Gasteiger partial charge in [0.1, 0.15) is 5.82 Å². The highest BCUT2D eigenvalue weighted by atomic mass is 14.9. The van der Waals surface area contributed by atoms with Crippen molar-refractivity contribution in [1.29, 1.82) is 0 Å². The topological polar surface area (TPSA) is 50.7 Å². The molecule has 0 amide bonds. The summed E-state index contributed by atoms with van der Waals surface area (Å²) in [5.74, 6) is 1.69. The van der Waals surface area contributed by atoms with Crippen LogP contribution in [-0.2, 0) is 0 Å². The first-order chi connectivity index (χ1) is 9.22. The molecule has 1 atom stereocenters. The van der Waals surface area contributed by atoms with Crippen molar-refractivity contribution in [3.8, 4) is 11.4 Å². The predicted molar refractivity (Wildman–Crippen MR) is 76.8 cm³/mol. The minimum atomic E-state index is 0.314. The first kappa shape index (κ1) is 13.6. The second kappa shape index (κ2) is 6.38. The third-order valence-corrected chi connectivity index (χ3v) is 3.16. The fourth-order valence-electron chi connectivity index (χ4n) is 2.05. The molecule has 0 aliphatic carbocycles. The van der Waals surface area contributed by atoms with E-state index in [4.69, 9.17) is 0 Å². The first-order valence-corrected chi connectivity index (χ1v) is 6.61. The quantitative estimate of drug-likeness (QED) is 0.893. The zero-order valence-electron chi connectivity index (χ0n) is 11.7. The van der Waals surface area contributed by atoms with Crippen molar-refractivity contribution in [2.75, 3.05) is 13.6 Å². The summed E-state index contributed by atoms with van der Waals surface area (Å²) in [5.41, 5.74) is 1.77. The molecule has 0 saturated heterocycles. The van der Waals surface area contributed by atoms with Crippen LogP contribution in [0.4, 0.5) is 0 Å². The molecular weight excluding hydrogens is 236 g/mol. The Bertz CT molecular complexity index is 511. The average Bonchev–Trinajstić information content (AvgIpc) is 2.45. The van der Waals surface area contributed by atoms with Gasteiger partial charge in [-0.1, -0.05) is 19.9 Å². The van der Waals surface area contributed by atoms with Crippen molar-refractivity contribution in [2.24, 2.45) is 5.92 Å².